The average molecular weight is 1470 g/mol. The van der Waals surface area contributed by atoms with Gasteiger partial charge in [-0.1, -0.05) is 381 Å². The van der Waals surface area contributed by atoms with Gasteiger partial charge in [0.05, 0.1) is 26.4 Å². The third-order valence-corrected chi connectivity index (χ3v) is 21.3. The number of ether oxygens (including phenoxy) is 4. The van der Waals surface area contributed by atoms with E-state index in [4.69, 9.17) is 37.0 Å². The minimum atomic E-state index is -4.96. The Balaban J connectivity index is 5.16. The fourth-order valence-corrected chi connectivity index (χ4v) is 14.1. The molecule has 0 spiro atoms. The van der Waals surface area contributed by atoms with Crippen LogP contribution in [0.15, 0.2) is 0 Å². The molecular weight excluding hydrogens is 1310 g/mol. The third kappa shape index (κ3) is 73.0. The smallest absolute Gasteiger partial charge is 0.462 e. The van der Waals surface area contributed by atoms with Crippen LogP contribution < -0.4 is 0 Å². The lowest BCUT2D eigenvalue weighted by molar-refractivity contribution is -0.161. The van der Waals surface area contributed by atoms with Crippen molar-refractivity contribution < 1.29 is 80.2 Å². The summed E-state index contributed by atoms with van der Waals surface area (Å²) in [4.78, 5) is 72.9. The van der Waals surface area contributed by atoms with Gasteiger partial charge in [0.2, 0.25) is 0 Å². The quantitative estimate of drug-likeness (QED) is 0.0222. The molecule has 0 saturated carbocycles. The first-order valence-electron chi connectivity index (χ1n) is 42.2. The Morgan fingerprint density at radius 2 is 0.480 bits per heavy atom. The van der Waals surface area contributed by atoms with Crippen molar-refractivity contribution in [1.82, 2.24) is 0 Å². The monoisotopic (exact) mass is 1470 g/mol. The highest BCUT2D eigenvalue weighted by molar-refractivity contribution is 7.47. The van der Waals surface area contributed by atoms with Crippen molar-refractivity contribution in [2.24, 2.45) is 5.92 Å². The number of hydrogen-bond donors (Lipinski definition) is 3. The van der Waals surface area contributed by atoms with Gasteiger partial charge >= 0.3 is 39.5 Å². The molecule has 0 radical (unpaired) electrons. The Morgan fingerprint density at radius 1 is 0.280 bits per heavy atom. The van der Waals surface area contributed by atoms with E-state index >= 15 is 0 Å². The van der Waals surface area contributed by atoms with Gasteiger partial charge in [-0.25, -0.2) is 9.13 Å². The minimum Gasteiger partial charge on any atom is -0.462 e. The van der Waals surface area contributed by atoms with Crippen LogP contribution in [0, 0.1) is 5.92 Å². The molecular formula is C81H158O17P2. The van der Waals surface area contributed by atoms with Crippen molar-refractivity contribution in [1.29, 1.82) is 0 Å². The molecule has 0 aromatic heterocycles. The summed E-state index contributed by atoms with van der Waals surface area (Å²) >= 11 is 0. The molecule has 0 saturated heterocycles. The molecule has 0 aromatic rings. The van der Waals surface area contributed by atoms with Crippen molar-refractivity contribution in [2.75, 3.05) is 39.6 Å². The fourth-order valence-electron chi connectivity index (χ4n) is 12.6. The predicted octanol–water partition coefficient (Wildman–Crippen LogP) is 24.4. The van der Waals surface area contributed by atoms with Gasteiger partial charge in [0.25, 0.3) is 0 Å². The van der Waals surface area contributed by atoms with Crippen LogP contribution in [0.1, 0.15) is 433 Å². The normalized spacial score (nSPS) is 14.1. The lowest BCUT2D eigenvalue weighted by Crippen LogP contribution is -2.30. The topological polar surface area (TPSA) is 237 Å². The number of aliphatic hydroxyl groups is 1. The summed E-state index contributed by atoms with van der Waals surface area (Å²) in [6.07, 6.45) is 65.3. The summed E-state index contributed by atoms with van der Waals surface area (Å²) in [5.41, 5.74) is 0. The highest BCUT2D eigenvalue weighted by atomic mass is 31.2. The average Bonchev–Trinajstić information content (AvgIpc) is 0.943. The molecule has 0 aliphatic rings. The molecule has 0 bridgehead atoms. The number of carbonyl (C=O) groups is 4. The maximum atomic E-state index is 13.1. The number of aliphatic hydroxyl groups excluding tert-OH is 1. The highest BCUT2D eigenvalue weighted by Crippen LogP contribution is 2.45. The second-order valence-corrected chi connectivity index (χ2v) is 32.3. The van der Waals surface area contributed by atoms with Gasteiger partial charge in [-0.2, -0.15) is 0 Å². The molecule has 0 fully saturated rings. The maximum absolute atomic E-state index is 13.1. The van der Waals surface area contributed by atoms with Gasteiger partial charge in [-0.05, 0) is 31.6 Å². The van der Waals surface area contributed by atoms with Gasteiger partial charge < -0.3 is 33.8 Å². The van der Waals surface area contributed by atoms with Crippen LogP contribution in [-0.2, 0) is 65.4 Å². The highest BCUT2D eigenvalue weighted by Gasteiger charge is 2.30. The number of unbranched alkanes of at least 4 members (excludes halogenated alkanes) is 52. The van der Waals surface area contributed by atoms with Gasteiger partial charge in [0.1, 0.15) is 19.3 Å². The van der Waals surface area contributed by atoms with Gasteiger partial charge in [0, 0.05) is 25.7 Å². The summed E-state index contributed by atoms with van der Waals surface area (Å²) in [7, 11) is -9.91. The van der Waals surface area contributed by atoms with E-state index in [-0.39, 0.29) is 25.7 Å². The molecule has 0 heterocycles. The molecule has 3 unspecified atom stereocenters. The van der Waals surface area contributed by atoms with E-state index in [1.54, 1.807) is 0 Å². The van der Waals surface area contributed by atoms with Crippen LogP contribution in [0.25, 0.3) is 0 Å². The molecule has 100 heavy (non-hydrogen) atoms. The number of hydrogen-bond acceptors (Lipinski definition) is 15. The Kier molecular flexibility index (Phi) is 72.5. The molecule has 594 valence electrons. The van der Waals surface area contributed by atoms with E-state index < -0.39 is 97.5 Å². The Labute approximate surface area is 613 Å². The molecule has 6 atom stereocenters. The third-order valence-electron chi connectivity index (χ3n) is 19.4. The second kappa shape index (κ2) is 73.9. The number of carbonyl (C=O) groups excluding carboxylic acids is 4. The zero-order chi connectivity index (χ0) is 73.4. The Hall–Kier alpha value is -1.94. The van der Waals surface area contributed by atoms with E-state index in [9.17, 15) is 43.2 Å². The van der Waals surface area contributed by atoms with Crippen molar-refractivity contribution in [3.63, 3.8) is 0 Å². The van der Waals surface area contributed by atoms with E-state index in [0.29, 0.717) is 25.7 Å². The Bertz CT molecular complexity index is 1910. The van der Waals surface area contributed by atoms with Crippen molar-refractivity contribution in [3.05, 3.63) is 0 Å². The SMILES string of the molecule is CCCCCCCCCCCCCCCCCCCCCC(=O)OC[C@H](COP(=O)(O)OC[C@@H](O)COP(=O)(O)OC[C@@H](COC(=O)CCCCCCCCCCC)OC(=O)CCCCCCCCCCCC)OC(=O)CCCCCCCCCCCCCCCCCCCCC(C)CC. The van der Waals surface area contributed by atoms with Gasteiger partial charge in [0.15, 0.2) is 12.2 Å². The number of esters is 4. The zero-order valence-electron chi connectivity index (χ0n) is 65.3. The van der Waals surface area contributed by atoms with Gasteiger partial charge in [-0.15, -0.1) is 0 Å². The maximum Gasteiger partial charge on any atom is 0.472 e. The molecule has 3 N–H and O–H groups in total. The Morgan fingerprint density at radius 3 is 0.710 bits per heavy atom. The lowest BCUT2D eigenvalue weighted by atomic mass is 9.99. The summed E-state index contributed by atoms with van der Waals surface area (Å²) < 4.78 is 68.6. The number of phosphoric ester groups is 2. The molecule has 0 aliphatic carbocycles. The molecule has 0 aromatic carbocycles. The molecule has 17 nitrogen and oxygen atoms in total. The van der Waals surface area contributed by atoms with Crippen molar-refractivity contribution in [3.8, 4) is 0 Å². The zero-order valence-corrected chi connectivity index (χ0v) is 67.1. The summed E-state index contributed by atoms with van der Waals surface area (Å²) in [6.45, 7) is 7.36. The molecule has 0 amide bonds. The second-order valence-electron chi connectivity index (χ2n) is 29.4. The van der Waals surface area contributed by atoms with Crippen LogP contribution >= 0.6 is 15.6 Å². The van der Waals surface area contributed by atoms with E-state index in [2.05, 4.69) is 34.6 Å². The van der Waals surface area contributed by atoms with Crippen molar-refractivity contribution in [2.45, 2.75) is 451 Å². The van der Waals surface area contributed by atoms with Gasteiger partial charge in [-0.3, -0.25) is 37.3 Å². The van der Waals surface area contributed by atoms with Crippen LogP contribution in [0.5, 0.6) is 0 Å². The molecule has 0 rings (SSSR count). The van der Waals surface area contributed by atoms with Crippen LogP contribution in [0.3, 0.4) is 0 Å². The van der Waals surface area contributed by atoms with E-state index in [1.807, 2.05) is 0 Å². The minimum absolute atomic E-state index is 0.107. The summed E-state index contributed by atoms with van der Waals surface area (Å²) in [6, 6.07) is 0. The molecule has 0 aliphatic heterocycles. The summed E-state index contributed by atoms with van der Waals surface area (Å²) in [5, 5.41) is 10.6. The molecule has 19 heteroatoms. The number of rotatable bonds is 81. The van der Waals surface area contributed by atoms with Crippen molar-refractivity contribution >= 4 is 39.5 Å². The van der Waals surface area contributed by atoms with E-state index in [0.717, 1.165) is 95.8 Å². The predicted molar refractivity (Wildman–Crippen MR) is 409 cm³/mol. The standard InChI is InChI=1S/C81H158O17P2/c1-6-10-13-16-19-22-24-25-26-27-28-32-35-38-41-46-50-55-60-65-79(84)92-71-77(98-81(86)67-62-57-52-47-42-39-36-33-30-29-31-34-37-40-44-48-53-58-63-74(5)9-4)73-96-100(89,90)94-69-75(82)68-93-99(87,88)95-72-76(70-91-78(83)64-59-54-49-43-21-18-15-12-8-3)97-80(85)66-61-56-51-45-23-20-17-14-11-7-2/h74-77,82H,6-73H2,1-5H3,(H,87,88)(H,89,90)/t74?,75-,76+,77+/m0/s1. The largest absolute Gasteiger partial charge is 0.472 e. The van der Waals surface area contributed by atoms with Crippen LogP contribution in [0.4, 0.5) is 0 Å². The first-order valence-corrected chi connectivity index (χ1v) is 45.2. The van der Waals surface area contributed by atoms with Crippen LogP contribution in [0.2, 0.25) is 0 Å². The summed E-state index contributed by atoms with van der Waals surface area (Å²) in [5.74, 6) is -1.24. The number of phosphoric acid groups is 2. The first-order chi connectivity index (χ1) is 48.6. The van der Waals surface area contributed by atoms with E-state index in [1.165, 1.54) is 257 Å². The fraction of sp³-hybridized carbons (Fsp3) is 0.951. The lowest BCUT2D eigenvalue weighted by Gasteiger charge is -2.21. The van der Waals surface area contributed by atoms with Crippen LogP contribution in [-0.4, -0.2) is 96.7 Å². The first kappa shape index (κ1) is 98.1.